The van der Waals surface area contributed by atoms with Crippen molar-refractivity contribution in [2.24, 2.45) is 0 Å². The lowest BCUT2D eigenvalue weighted by Crippen LogP contribution is -2.48. The number of nitrogens with zero attached hydrogens (tertiary/aromatic N) is 3. The van der Waals surface area contributed by atoms with Gasteiger partial charge in [0.1, 0.15) is 0 Å². The number of fused-ring (bicyclic) bond motifs is 1. The van der Waals surface area contributed by atoms with E-state index in [4.69, 9.17) is 9.84 Å². The van der Waals surface area contributed by atoms with Gasteiger partial charge in [-0.15, -0.1) is 0 Å². The van der Waals surface area contributed by atoms with Crippen LogP contribution in [0.3, 0.4) is 0 Å². The molecule has 0 bridgehead atoms. The number of rotatable bonds is 7. The third kappa shape index (κ3) is 4.64. The van der Waals surface area contributed by atoms with Crippen LogP contribution in [0.25, 0.3) is 10.9 Å². The number of aromatic nitrogens is 1. The molecule has 2 fully saturated rings. The lowest BCUT2D eigenvalue weighted by molar-refractivity contribution is -0.134. The van der Waals surface area contributed by atoms with Crippen LogP contribution in [0.2, 0.25) is 0 Å². The van der Waals surface area contributed by atoms with E-state index in [2.05, 4.69) is 22.0 Å². The van der Waals surface area contributed by atoms with Gasteiger partial charge in [0.05, 0.1) is 37.0 Å². The number of aliphatic hydroxyl groups excluding tert-OH is 2. The molecule has 7 heteroatoms. The smallest absolute Gasteiger partial charge is 0.240 e. The van der Waals surface area contributed by atoms with Crippen LogP contribution in [0.1, 0.15) is 30.5 Å². The maximum Gasteiger partial charge on any atom is 0.240 e. The van der Waals surface area contributed by atoms with Crippen molar-refractivity contribution in [2.75, 3.05) is 32.8 Å². The van der Waals surface area contributed by atoms with E-state index in [9.17, 15) is 9.90 Å². The fraction of sp³-hybridized carbons (Fsp3) is 0.565. The standard InChI is InChI=1S/C23H31N3O4/c1-16-12-17(20-4-2-3-5-21(20)24-16)15-30-19-6-9-25(10-7-19)22-8-11-26(23(22)29)13-18(28)14-27/h2-5,12,18-19,22,27-28H,6-11,13-15H2,1H3. The van der Waals surface area contributed by atoms with Gasteiger partial charge in [-0.05, 0) is 43.9 Å². The molecule has 0 radical (unpaired) electrons. The average Bonchev–Trinajstić information content (AvgIpc) is 3.12. The molecular weight excluding hydrogens is 382 g/mol. The second kappa shape index (κ2) is 9.39. The Bertz CT molecular complexity index is 882. The number of amides is 1. The third-order valence-corrected chi connectivity index (χ3v) is 6.23. The van der Waals surface area contributed by atoms with Crippen LogP contribution in [0.4, 0.5) is 0 Å². The first-order valence-electron chi connectivity index (χ1n) is 10.8. The van der Waals surface area contributed by atoms with E-state index >= 15 is 0 Å². The molecule has 1 aromatic heterocycles. The molecule has 2 aliphatic heterocycles. The summed E-state index contributed by atoms with van der Waals surface area (Å²) >= 11 is 0. The van der Waals surface area contributed by atoms with Gasteiger partial charge in [-0.2, -0.15) is 0 Å². The number of benzene rings is 1. The lowest BCUT2D eigenvalue weighted by Gasteiger charge is -2.35. The molecule has 2 saturated heterocycles. The Labute approximate surface area is 177 Å². The summed E-state index contributed by atoms with van der Waals surface area (Å²) < 4.78 is 6.25. The van der Waals surface area contributed by atoms with E-state index in [1.807, 2.05) is 25.1 Å². The number of ether oxygens (including phenoxy) is 1. The summed E-state index contributed by atoms with van der Waals surface area (Å²) in [7, 11) is 0. The monoisotopic (exact) mass is 413 g/mol. The van der Waals surface area contributed by atoms with Gasteiger partial charge in [-0.3, -0.25) is 14.7 Å². The molecule has 2 aromatic rings. The van der Waals surface area contributed by atoms with Crippen molar-refractivity contribution in [1.82, 2.24) is 14.8 Å². The number of β-amino-alcohol motifs (C(OH)–C–C–N with tert-alkyl or cyclic N) is 1. The Hall–Kier alpha value is -2.06. The topological polar surface area (TPSA) is 86.1 Å². The number of para-hydroxylation sites is 1. The van der Waals surface area contributed by atoms with E-state index in [-0.39, 0.29) is 31.2 Å². The predicted octanol–water partition coefficient (Wildman–Crippen LogP) is 1.48. The van der Waals surface area contributed by atoms with Crippen molar-refractivity contribution in [2.45, 2.75) is 51.0 Å². The minimum Gasteiger partial charge on any atom is -0.394 e. The fourth-order valence-corrected chi connectivity index (χ4v) is 4.63. The van der Waals surface area contributed by atoms with Crippen molar-refractivity contribution in [3.63, 3.8) is 0 Å². The SMILES string of the molecule is Cc1cc(COC2CCN(C3CCN(CC(O)CO)C3=O)CC2)c2ccccc2n1. The second-order valence-electron chi connectivity index (χ2n) is 8.41. The van der Waals surface area contributed by atoms with E-state index in [1.165, 1.54) is 5.56 Å². The zero-order chi connectivity index (χ0) is 21.1. The van der Waals surface area contributed by atoms with E-state index < -0.39 is 6.10 Å². The Balaban J connectivity index is 1.29. The summed E-state index contributed by atoms with van der Waals surface area (Å²) in [5.41, 5.74) is 3.17. The van der Waals surface area contributed by atoms with Crippen LogP contribution in [0, 0.1) is 6.92 Å². The molecule has 162 valence electrons. The molecule has 2 aliphatic rings. The Morgan fingerprint density at radius 1 is 1.20 bits per heavy atom. The first-order valence-corrected chi connectivity index (χ1v) is 10.8. The maximum atomic E-state index is 12.7. The molecule has 4 rings (SSSR count). The van der Waals surface area contributed by atoms with Gasteiger partial charge < -0.3 is 19.8 Å². The average molecular weight is 414 g/mol. The highest BCUT2D eigenvalue weighted by atomic mass is 16.5. The maximum absolute atomic E-state index is 12.7. The molecule has 2 unspecified atom stereocenters. The Kier molecular flexibility index (Phi) is 6.63. The molecule has 1 amide bonds. The number of hydrogen-bond acceptors (Lipinski definition) is 6. The summed E-state index contributed by atoms with van der Waals surface area (Å²) in [4.78, 5) is 21.2. The van der Waals surface area contributed by atoms with Gasteiger partial charge in [-0.25, -0.2) is 0 Å². The first kappa shape index (κ1) is 21.2. The molecule has 0 saturated carbocycles. The zero-order valence-electron chi connectivity index (χ0n) is 17.5. The molecule has 2 N–H and O–H groups in total. The van der Waals surface area contributed by atoms with Crippen LogP contribution in [0.5, 0.6) is 0 Å². The van der Waals surface area contributed by atoms with Gasteiger partial charge in [0.2, 0.25) is 5.91 Å². The number of likely N-dealkylation sites (tertiary alicyclic amines) is 2. The van der Waals surface area contributed by atoms with Gasteiger partial charge in [-0.1, -0.05) is 18.2 Å². The van der Waals surface area contributed by atoms with Crippen LogP contribution < -0.4 is 0 Å². The molecule has 0 aliphatic carbocycles. The lowest BCUT2D eigenvalue weighted by atomic mass is 10.0. The largest absolute Gasteiger partial charge is 0.394 e. The summed E-state index contributed by atoms with van der Waals surface area (Å²) in [6.45, 7) is 4.81. The quantitative estimate of drug-likeness (QED) is 0.715. The fourth-order valence-electron chi connectivity index (χ4n) is 4.63. The van der Waals surface area contributed by atoms with Crippen molar-refractivity contribution in [3.05, 3.63) is 41.6 Å². The summed E-state index contributed by atoms with van der Waals surface area (Å²) in [5.74, 6) is 0.0700. The number of carbonyl (C=O) groups is 1. The molecular formula is C23H31N3O4. The normalized spacial score (nSPS) is 22.2. The summed E-state index contributed by atoms with van der Waals surface area (Å²) in [6, 6.07) is 10.2. The number of aliphatic hydroxyl groups is 2. The second-order valence-corrected chi connectivity index (χ2v) is 8.41. The molecule has 1 aromatic carbocycles. The molecule has 7 nitrogen and oxygen atoms in total. The zero-order valence-corrected chi connectivity index (χ0v) is 17.5. The number of piperidine rings is 1. The highest BCUT2D eigenvalue weighted by Gasteiger charge is 2.37. The van der Waals surface area contributed by atoms with E-state index in [0.29, 0.717) is 13.2 Å². The van der Waals surface area contributed by atoms with E-state index in [1.54, 1.807) is 4.90 Å². The van der Waals surface area contributed by atoms with Crippen molar-refractivity contribution < 1.29 is 19.7 Å². The number of pyridine rings is 1. The molecule has 3 heterocycles. The summed E-state index contributed by atoms with van der Waals surface area (Å²) in [6.07, 6.45) is 1.93. The predicted molar refractivity (Wildman–Crippen MR) is 114 cm³/mol. The third-order valence-electron chi connectivity index (χ3n) is 6.23. The minimum absolute atomic E-state index is 0.0700. The first-order chi connectivity index (χ1) is 14.5. The Morgan fingerprint density at radius 3 is 2.73 bits per heavy atom. The number of carbonyl (C=O) groups excluding carboxylic acids is 1. The summed E-state index contributed by atoms with van der Waals surface area (Å²) in [5, 5.41) is 19.8. The number of aryl methyl sites for hydroxylation is 1. The van der Waals surface area contributed by atoms with Crippen molar-refractivity contribution >= 4 is 16.8 Å². The minimum atomic E-state index is -0.861. The van der Waals surface area contributed by atoms with Crippen LogP contribution in [-0.4, -0.2) is 81.9 Å². The Morgan fingerprint density at radius 2 is 1.97 bits per heavy atom. The highest BCUT2D eigenvalue weighted by Crippen LogP contribution is 2.25. The van der Waals surface area contributed by atoms with Gasteiger partial charge in [0, 0.05) is 37.3 Å². The van der Waals surface area contributed by atoms with Crippen LogP contribution in [-0.2, 0) is 16.1 Å². The van der Waals surface area contributed by atoms with Crippen molar-refractivity contribution in [3.8, 4) is 0 Å². The highest BCUT2D eigenvalue weighted by molar-refractivity contribution is 5.84. The van der Waals surface area contributed by atoms with Gasteiger partial charge in [0.25, 0.3) is 0 Å². The van der Waals surface area contributed by atoms with Crippen molar-refractivity contribution in [1.29, 1.82) is 0 Å². The van der Waals surface area contributed by atoms with Gasteiger partial charge >= 0.3 is 0 Å². The van der Waals surface area contributed by atoms with E-state index in [0.717, 1.165) is 48.9 Å². The molecule has 30 heavy (non-hydrogen) atoms. The van der Waals surface area contributed by atoms with Gasteiger partial charge in [0.15, 0.2) is 0 Å². The molecule has 2 atom stereocenters. The van der Waals surface area contributed by atoms with Crippen LogP contribution >= 0.6 is 0 Å². The van der Waals surface area contributed by atoms with Crippen LogP contribution in [0.15, 0.2) is 30.3 Å². The molecule has 0 spiro atoms. The number of hydrogen-bond donors (Lipinski definition) is 2.